The zero-order chi connectivity index (χ0) is 10.0. The lowest BCUT2D eigenvalue weighted by Gasteiger charge is -2.05. The number of anilines is 1. The third kappa shape index (κ3) is 2.25. The number of carbonyl (C=O) groups excluding carboxylic acids is 1. The molecule has 0 fully saturated rings. The molecule has 0 spiro atoms. The molecule has 2 N–H and O–H groups in total. The third-order valence-electron chi connectivity index (χ3n) is 1.50. The first-order chi connectivity index (χ1) is 6.06. The molecular formula is C8H7ClINO2. The van der Waals surface area contributed by atoms with Crippen LogP contribution in [0.2, 0.25) is 5.02 Å². The highest BCUT2D eigenvalue weighted by Gasteiger charge is 2.12. The van der Waals surface area contributed by atoms with E-state index >= 15 is 0 Å². The largest absolute Gasteiger partial charge is 0.465 e. The zero-order valence-electron chi connectivity index (χ0n) is 6.80. The normalized spacial score (nSPS) is 9.77. The zero-order valence-corrected chi connectivity index (χ0v) is 9.72. The van der Waals surface area contributed by atoms with Crippen LogP contribution in [-0.4, -0.2) is 13.1 Å². The number of methoxy groups -OCH3 is 1. The van der Waals surface area contributed by atoms with E-state index in [4.69, 9.17) is 17.3 Å². The maximum absolute atomic E-state index is 11.1. The number of carbonyl (C=O) groups is 1. The first kappa shape index (κ1) is 10.6. The molecule has 0 saturated carbocycles. The number of nitrogens with two attached hydrogens (primary N) is 1. The van der Waals surface area contributed by atoms with Gasteiger partial charge in [-0.15, -0.1) is 0 Å². The molecule has 13 heavy (non-hydrogen) atoms. The summed E-state index contributed by atoms with van der Waals surface area (Å²) in [7, 11) is 1.31. The van der Waals surface area contributed by atoms with Crippen LogP contribution >= 0.6 is 34.2 Å². The van der Waals surface area contributed by atoms with Crippen molar-refractivity contribution in [1.29, 1.82) is 0 Å². The summed E-state index contributed by atoms with van der Waals surface area (Å²) in [5, 5.41) is 0.533. The predicted molar refractivity (Wildman–Crippen MR) is 59.9 cm³/mol. The lowest BCUT2D eigenvalue weighted by Crippen LogP contribution is -2.06. The second kappa shape index (κ2) is 4.15. The van der Waals surface area contributed by atoms with Crippen LogP contribution in [0.3, 0.4) is 0 Å². The Morgan fingerprint density at radius 2 is 2.23 bits per heavy atom. The molecule has 1 aromatic carbocycles. The van der Waals surface area contributed by atoms with Gasteiger partial charge in [-0.05, 0) is 34.7 Å². The molecular weight excluding hydrogens is 304 g/mol. The standard InChI is InChI=1S/C8H7ClINO2/c1-13-8(12)4-2-6(10)5(9)3-7(4)11/h2-3H,11H2,1H3. The number of hydrogen-bond acceptors (Lipinski definition) is 3. The van der Waals surface area contributed by atoms with Crippen molar-refractivity contribution in [3.05, 3.63) is 26.3 Å². The number of esters is 1. The number of benzene rings is 1. The summed E-state index contributed by atoms with van der Waals surface area (Å²) in [5.41, 5.74) is 6.25. The molecule has 1 aromatic rings. The molecule has 0 aromatic heterocycles. The third-order valence-corrected chi connectivity index (χ3v) is 3.02. The van der Waals surface area contributed by atoms with Crippen molar-refractivity contribution >= 4 is 45.8 Å². The number of rotatable bonds is 1. The van der Waals surface area contributed by atoms with E-state index in [1.165, 1.54) is 13.2 Å². The second-order valence-corrected chi connectivity index (χ2v) is 3.91. The van der Waals surface area contributed by atoms with Crippen molar-refractivity contribution in [2.75, 3.05) is 12.8 Å². The molecule has 0 bridgehead atoms. The summed E-state index contributed by atoms with van der Waals surface area (Å²) < 4.78 is 5.32. The highest BCUT2D eigenvalue weighted by Crippen LogP contribution is 2.25. The van der Waals surface area contributed by atoms with Gasteiger partial charge in [0.05, 0.1) is 17.7 Å². The number of ether oxygens (including phenoxy) is 1. The molecule has 0 saturated heterocycles. The fourth-order valence-electron chi connectivity index (χ4n) is 0.849. The summed E-state index contributed by atoms with van der Waals surface area (Å²) in [6.07, 6.45) is 0. The molecule has 3 nitrogen and oxygen atoms in total. The Morgan fingerprint density at radius 1 is 1.62 bits per heavy atom. The van der Waals surface area contributed by atoms with Crippen molar-refractivity contribution < 1.29 is 9.53 Å². The van der Waals surface area contributed by atoms with Crippen molar-refractivity contribution in [2.24, 2.45) is 0 Å². The predicted octanol–water partition coefficient (Wildman–Crippen LogP) is 2.31. The minimum Gasteiger partial charge on any atom is -0.465 e. The molecule has 0 aliphatic carbocycles. The fraction of sp³-hybridized carbons (Fsp3) is 0.125. The molecule has 0 aliphatic heterocycles. The monoisotopic (exact) mass is 311 g/mol. The lowest BCUT2D eigenvalue weighted by atomic mass is 10.2. The van der Waals surface area contributed by atoms with E-state index in [-0.39, 0.29) is 0 Å². The summed E-state index contributed by atoms with van der Waals surface area (Å²) in [6, 6.07) is 3.14. The molecule has 0 radical (unpaired) electrons. The first-order valence-corrected chi connectivity index (χ1v) is 4.84. The molecule has 0 heterocycles. The van der Waals surface area contributed by atoms with Crippen LogP contribution in [0.4, 0.5) is 5.69 Å². The van der Waals surface area contributed by atoms with Gasteiger partial charge >= 0.3 is 5.97 Å². The molecule has 0 unspecified atom stereocenters. The Bertz CT molecular complexity index is 354. The summed E-state index contributed by atoms with van der Waals surface area (Å²) in [4.78, 5) is 11.1. The van der Waals surface area contributed by atoms with Gasteiger partial charge < -0.3 is 10.5 Å². The van der Waals surface area contributed by atoms with E-state index < -0.39 is 5.97 Å². The molecule has 0 amide bonds. The van der Waals surface area contributed by atoms with Gasteiger partial charge in [0.15, 0.2) is 0 Å². The molecule has 70 valence electrons. The van der Waals surface area contributed by atoms with Crippen molar-refractivity contribution in [1.82, 2.24) is 0 Å². The van der Waals surface area contributed by atoms with Gasteiger partial charge in [-0.25, -0.2) is 4.79 Å². The maximum Gasteiger partial charge on any atom is 0.339 e. The SMILES string of the molecule is COC(=O)c1cc(I)c(Cl)cc1N. The minimum atomic E-state index is -0.452. The number of nitrogen functional groups attached to an aromatic ring is 1. The van der Waals surface area contributed by atoms with Crippen LogP contribution in [0, 0.1) is 3.57 Å². The Hall–Kier alpha value is -0.490. The average molecular weight is 312 g/mol. The van der Waals surface area contributed by atoms with E-state index in [2.05, 4.69) is 4.74 Å². The van der Waals surface area contributed by atoms with Gasteiger partial charge in [0.25, 0.3) is 0 Å². The van der Waals surface area contributed by atoms with Gasteiger partial charge in [0.2, 0.25) is 0 Å². The van der Waals surface area contributed by atoms with Crippen molar-refractivity contribution in [3.8, 4) is 0 Å². The van der Waals surface area contributed by atoms with E-state index in [1.54, 1.807) is 6.07 Å². The number of halogens is 2. The van der Waals surface area contributed by atoms with Gasteiger partial charge in [0.1, 0.15) is 0 Å². The summed E-state index contributed by atoms with van der Waals surface area (Å²) >= 11 is 7.82. The van der Waals surface area contributed by atoms with E-state index in [0.717, 1.165) is 3.57 Å². The molecule has 1 rings (SSSR count). The molecule has 0 aliphatic rings. The van der Waals surface area contributed by atoms with Crippen LogP contribution in [-0.2, 0) is 4.74 Å². The second-order valence-electron chi connectivity index (χ2n) is 2.35. The lowest BCUT2D eigenvalue weighted by molar-refractivity contribution is 0.0602. The van der Waals surface area contributed by atoms with E-state index in [9.17, 15) is 4.79 Å². The Balaban J connectivity index is 3.23. The fourth-order valence-corrected chi connectivity index (χ4v) is 1.49. The van der Waals surface area contributed by atoms with Crippen LogP contribution in [0.15, 0.2) is 12.1 Å². The minimum absolute atomic E-state index is 0.331. The average Bonchev–Trinajstić information content (AvgIpc) is 2.10. The van der Waals surface area contributed by atoms with Crippen LogP contribution in [0.5, 0.6) is 0 Å². The van der Waals surface area contributed by atoms with Crippen LogP contribution in [0.25, 0.3) is 0 Å². The van der Waals surface area contributed by atoms with Gasteiger partial charge in [-0.1, -0.05) is 11.6 Å². The van der Waals surface area contributed by atoms with Gasteiger partial charge in [-0.3, -0.25) is 0 Å². The summed E-state index contributed by atoms with van der Waals surface area (Å²) in [6.45, 7) is 0. The molecule has 5 heteroatoms. The highest BCUT2D eigenvalue weighted by molar-refractivity contribution is 14.1. The highest BCUT2D eigenvalue weighted by atomic mass is 127. The molecule has 0 atom stereocenters. The van der Waals surface area contributed by atoms with Gasteiger partial charge in [0, 0.05) is 9.26 Å². The smallest absolute Gasteiger partial charge is 0.339 e. The topological polar surface area (TPSA) is 52.3 Å². The van der Waals surface area contributed by atoms with Crippen LogP contribution < -0.4 is 5.73 Å². The van der Waals surface area contributed by atoms with Gasteiger partial charge in [-0.2, -0.15) is 0 Å². The van der Waals surface area contributed by atoms with E-state index in [1.807, 2.05) is 22.6 Å². The Labute approximate surface area is 94.3 Å². The first-order valence-electron chi connectivity index (χ1n) is 3.39. The quantitative estimate of drug-likeness (QED) is 0.492. The van der Waals surface area contributed by atoms with E-state index in [0.29, 0.717) is 16.3 Å². The summed E-state index contributed by atoms with van der Waals surface area (Å²) in [5.74, 6) is -0.452. The van der Waals surface area contributed by atoms with Crippen molar-refractivity contribution in [2.45, 2.75) is 0 Å². The van der Waals surface area contributed by atoms with Crippen molar-refractivity contribution in [3.63, 3.8) is 0 Å². The van der Waals surface area contributed by atoms with Crippen LogP contribution in [0.1, 0.15) is 10.4 Å². The maximum atomic E-state index is 11.1. The Morgan fingerprint density at radius 3 is 2.77 bits per heavy atom. The Kier molecular flexibility index (Phi) is 3.38. The number of hydrogen-bond donors (Lipinski definition) is 1.